The fraction of sp³-hybridized carbons (Fsp3) is 0.278. The van der Waals surface area contributed by atoms with E-state index in [-0.39, 0.29) is 12.4 Å². The fourth-order valence-electron chi connectivity index (χ4n) is 2.26. The van der Waals surface area contributed by atoms with Gasteiger partial charge in [0.1, 0.15) is 0 Å². The number of benzene rings is 2. The number of nitrogens with zero attached hydrogens (tertiary/aromatic N) is 1. The second kappa shape index (κ2) is 8.32. The number of nitrogens with one attached hydrogen (secondary N) is 1. The van der Waals surface area contributed by atoms with Crippen molar-refractivity contribution in [1.82, 2.24) is 4.90 Å². The minimum Gasteiger partial charge on any atom is -0.395 e. The average Bonchev–Trinajstić information content (AvgIpc) is 2.54. The quantitative estimate of drug-likeness (QED) is 0.735. The zero-order valence-electron chi connectivity index (χ0n) is 12.8. The van der Waals surface area contributed by atoms with Crippen molar-refractivity contribution in [3.05, 3.63) is 65.7 Å². The molecule has 4 nitrogen and oxygen atoms in total. The Morgan fingerprint density at radius 1 is 1.09 bits per heavy atom. The number of likely N-dealkylation sites (N-methyl/N-ethyl adjacent to an activating group) is 1. The Morgan fingerprint density at radius 3 is 2.41 bits per heavy atom. The summed E-state index contributed by atoms with van der Waals surface area (Å²) in [5.74, 6) is 0.104. The molecule has 2 aromatic rings. The summed E-state index contributed by atoms with van der Waals surface area (Å²) in [6, 6.07) is 17.5. The van der Waals surface area contributed by atoms with Gasteiger partial charge in [-0.25, -0.2) is 0 Å². The van der Waals surface area contributed by atoms with Crippen molar-refractivity contribution in [2.75, 3.05) is 32.1 Å². The van der Waals surface area contributed by atoms with Crippen molar-refractivity contribution < 1.29 is 9.90 Å². The number of carbonyl (C=O) groups is 1. The second-order valence-corrected chi connectivity index (χ2v) is 5.31. The molecule has 0 heterocycles. The summed E-state index contributed by atoms with van der Waals surface area (Å²) in [6.45, 7) is 1.74. The van der Waals surface area contributed by atoms with Crippen molar-refractivity contribution in [2.24, 2.45) is 0 Å². The SMILES string of the molecule is CN(CC(=O)c1ccc(NCCO)cc1)Cc1ccccc1. The van der Waals surface area contributed by atoms with Gasteiger partial charge in [-0.1, -0.05) is 30.3 Å². The van der Waals surface area contributed by atoms with Crippen LogP contribution in [0.2, 0.25) is 0 Å². The number of ketones is 1. The average molecular weight is 298 g/mol. The molecular weight excluding hydrogens is 276 g/mol. The number of hydrogen-bond donors (Lipinski definition) is 2. The van der Waals surface area contributed by atoms with Crippen LogP contribution in [0.3, 0.4) is 0 Å². The van der Waals surface area contributed by atoms with Crippen molar-refractivity contribution >= 4 is 11.5 Å². The van der Waals surface area contributed by atoms with Crippen LogP contribution in [0.1, 0.15) is 15.9 Å². The maximum absolute atomic E-state index is 12.3. The molecule has 0 aliphatic heterocycles. The molecule has 2 rings (SSSR count). The molecule has 0 atom stereocenters. The summed E-state index contributed by atoms with van der Waals surface area (Å²) in [5.41, 5.74) is 2.80. The predicted octanol–water partition coefficient (Wildman–Crippen LogP) is 2.41. The van der Waals surface area contributed by atoms with E-state index in [1.54, 1.807) is 0 Å². The number of carbonyl (C=O) groups excluding carboxylic acids is 1. The highest BCUT2D eigenvalue weighted by Crippen LogP contribution is 2.11. The van der Waals surface area contributed by atoms with E-state index in [0.717, 1.165) is 12.2 Å². The van der Waals surface area contributed by atoms with Crippen LogP contribution < -0.4 is 5.32 Å². The molecule has 0 saturated carbocycles. The van der Waals surface area contributed by atoms with Crippen LogP contribution in [0, 0.1) is 0 Å². The summed E-state index contributed by atoms with van der Waals surface area (Å²) in [7, 11) is 1.95. The lowest BCUT2D eigenvalue weighted by atomic mass is 10.1. The topological polar surface area (TPSA) is 52.6 Å². The highest BCUT2D eigenvalue weighted by atomic mass is 16.3. The van der Waals surface area contributed by atoms with E-state index in [9.17, 15) is 4.79 Å². The number of anilines is 1. The molecule has 0 aromatic heterocycles. The molecule has 4 heteroatoms. The number of aliphatic hydroxyl groups is 1. The van der Waals surface area contributed by atoms with Crippen LogP contribution >= 0.6 is 0 Å². The van der Waals surface area contributed by atoms with E-state index in [1.165, 1.54) is 5.56 Å². The zero-order valence-corrected chi connectivity index (χ0v) is 12.8. The van der Waals surface area contributed by atoms with Gasteiger partial charge in [0.25, 0.3) is 0 Å². The zero-order chi connectivity index (χ0) is 15.8. The first-order valence-electron chi connectivity index (χ1n) is 7.39. The van der Waals surface area contributed by atoms with Crippen molar-refractivity contribution in [2.45, 2.75) is 6.54 Å². The number of aliphatic hydroxyl groups excluding tert-OH is 1. The Hall–Kier alpha value is -2.17. The van der Waals surface area contributed by atoms with Crippen LogP contribution in [0.15, 0.2) is 54.6 Å². The van der Waals surface area contributed by atoms with E-state index < -0.39 is 0 Å². The smallest absolute Gasteiger partial charge is 0.176 e. The molecule has 0 aliphatic carbocycles. The van der Waals surface area contributed by atoms with Gasteiger partial charge in [-0.2, -0.15) is 0 Å². The Bertz CT molecular complexity index is 582. The van der Waals surface area contributed by atoms with Crippen LogP contribution in [0.25, 0.3) is 0 Å². The van der Waals surface area contributed by atoms with Gasteiger partial charge in [-0.15, -0.1) is 0 Å². The molecule has 0 spiro atoms. The molecule has 22 heavy (non-hydrogen) atoms. The first-order chi connectivity index (χ1) is 10.7. The number of Topliss-reactive ketones (excluding diaryl/α,β-unsaturated/α-hetero) is 1. The van der Waals surface area contributed by atoms with E-state index in [1.807, 2.05) is 54.4 Å². The maximum Gasteiger partial charge on any atom is 0.176 e. The maximum atomic E-state index is 12.3. The highest BCUT2D eigenvalue weighted by Gasteiger charge is 2.09. The van der Waals surface area contributed by atoms with Gasteiger partial charge >= 0.3 is 0 Å². The van der Waals surface area contributed by atoms with E-state index in [0.29, 0.717) is 18.7 Å². The lowest BCUT2D eigenvalue weighted by molar-refractivity contribution is 0.0943. The van der Waals surface area contributed by atoms with Gasteiger partial charge in [-0.05, 0) is 36.9 Å². The van der Waals surface area contributed by atoms with E-state index in [4.69, 9.17) is 5.11 Å². The molecule has 116 valence electrons. The number of rotatable bonds is 8. The lowest BCUT2D eigenvalue weighted by Gasteiger charge is -2.16. The minimum atomic E-state index is 0.0883. The first-order valence-corrected chi connectivity index (χ1v) is 7.39. The standard InChI is InChI=1S/C18H22N2O2/c1-20(13-15-5-3-2-4-6-15)14-18(22)16-7-9-17(10-8-16)19-11-12-21/h2-10,19,21H,11-14H2,1H3. The van der Waals surface area contributed by atoms with Crippen LogP contribution in [0.5, 0.6) is 0 Å². The highest BCUT2D eigenvalue weighted by molar-refractivity contribution is 5.97. The fourth-order valence-corrected chi connectivity index (χ4v) is 2.26. The molecular formula is C18H22N2O2. The first kappa shape index (κ1) is 16.2. The predicted molar refractivity (Wildman–Crippen MR) is 89.1 cm³/mol. The van der Waals surface area contributed by atoms with Crippen LogP contribution in [-0.4, -0.2) is 42.5 Å². The third kappa shape index (κ3) is 4.98. The summed E-state index contributed by atoms with van der Waals surface area (Å²) < 4.78 is 0. The van der Waals surface area contributed by atoms with Gasteiger partial charge in [0.2, 0.25) is 0 Å². The molecule has 0 bridgehead atoms. The number of hydrogen-bond acceptors (Lipinski definition) is 4. The molecule has 0 unspecified atom stereocenters. The van der Waals surface area contributed by atoms with Gasteiger partial charge < -0.3 is 10.4 Å². The van der Waals surface area contributed by atoms with Crippen LogP contribution in [0.4, 0.5) is 5.69 Å². The third-order valence-electron chi connectivity index (χ3n) is 3.36. The molecule has 0 aliphatic rings. The Labute approximate surface area is 131 Å². The van der Waals surface area contributed by atoms with Crippen molar-refractivity contribution in [3.63, 3.8) is 0 Å². The summed E-state index contributed by atoms with van der Waals surface area (Å²) in [4.78, 5) is 14.3. The Morgan fingerprint density at radius 2 is 1.77 bits per heavy atom. The van der Waals surface area contributed by atoms with Gasteiger partial charge in [0.15, 0.2) is 5.78 Å². The summed E-state index contributed by atoms with van der Waals surface area (Å²) in [5, 5.41) is 11.8. The molecule has 0 amide bonds. The molecule has 0 fully saturated rings. The van der Waals surface area contributed by atoms with Gasteiger partial charge in [0.05, 0.1) is 13.2 Å². The lowest BCUT2D eigenvalue weighted by Crippen LogP contribution is -2.25. The molecule has 0 saturated heterocycles. The Kier molecular flexibility index (Phi) is 6.13. The third-order valence-corrected chi connectivity index (χ3v) is 3.36. The minimum absolute atomic E-state index is 0.0883. The largest absolute Gasteiger partial charge is 0.395 e. The molecule has 2 aromatic carbocycles. The van der Waals surface area contributed by atoms with Crippen molar-refractivity contribution in [3.8, 4) is 0 Å². The molecule has 0 radical (unpaired) electrons. The second-order valence-electron chi connectivity index (χ2n) is 5.31. The monoisotopic (exact) mass is 298 g/mol. The van der Waals surface area contributed by atoms with Crippen molar-refractivity contribution in [1.29, 1.82) is 0 Å². The van der Waals surface area contributed by atoms with Gasteiger partial charge in [0, 0.05) is 24.3 Å². The van der Waals surface area contributed by atoms with E-state index >= 15 is 0 Å². The normalized spacial score (nSPS) is 10.7. The summed E-state index contributed by atoms with van der Waals surface area (Å²) >= 11 is 0. The van der Waals surface area contributed by atoms with Gasteiger partial charge in [-0.3, -0.25) is 9.69 Å². The summed E-state index contributed by atoms with van der Waals surface area (Å²) in [6.07, 6.45) is 0. The van der Waals surface area contributed by atoms with Crippen LogP contribution in [-0.2, 0) is 6.54 Å². The Balaban J connectivity index is 1.88. The molecule has 2 N–H and O–H groups in total. The van der Waals surface area contributed by atoms with E-state index in [2.05, 4.69) is 17.4 Å².